The van der Waals surface area contributed by atoms with Crippen molar-refractivity contribution in [3.63, 3.8) is 0 Å². The number of nitrogens with two attached hydrogens (primary N) is 1. The Kier molecular flexibility index (Phi) is 4.76. The van der Waals surface area contributed by atoms with E-state index in [0.717, 1.165) is 0 Å². The second-order valence-electron chi connectivity index (χ2n) is 3.44. The summed E-state index contributed by atoms with van der Waals surface area (Å²) in [6.45, 7) is 5.77. The SMILES string of the molecule is CCOC(=O)NCC(C)(C)C(N)=NO. The fourth-order valence-electron chi connectivity index (χ4n) is 0.701. The van der Waals surface area contributed by atoms with Gasteiger partial charge in [0, 0.05) is 12.0 Å². The Morgan fingerprint density at radius 3 is 2.64 bits per heavy atom. The zero-order chi connectivity index (χ0) is 11.2. The number of rotatable bonds is 4. The van der Waals surface area contributed by atoms with Crippen molar-refractivity contribution in [3.05, 3.63) is 0 Å². The first-order chi connectivity index (χ1) is 6.44. The van der Waals surface area contributed by atoms with E-state index in [-0.39, 0.29) is 12.4 Å². The third kappa shape index (κ3) is 3.97. The van der Waals surface area contributed by atoms with Gasteiger partial charge in [0.1, 0.15) is 5.84 Å². The van der Waals surface area contributed by atoms with Gasteiger partial charge in [0.25, 0.3) is 0 Å². The standard InChI is InChI=1S/C8H17N3O3/c1-4-14-7(12)10-5-8(2,3)6(9)11-13/h13H,4-5H2,1-3H3,(H2,9,11)(H,10,12). The van der Waals surface area contributed by atoms with Gasteiger partial charge in [0.15, 0.2) is 0 Å². The van der Waals surface area contributed by atoms with Gasteiger partial charge in [-0.25, -0.2) is 4.79 Å². The lowest BCUT2D eigenvalue weighted by Gasteiger charge is -2.22. The molecule has 1 amide bonds. The second-order valence-corrected chi connectivity index (χ2v) is 3.44. The zero-order valence-corrected chi connectivity index (χ0v) is 8.70. The molecule has 0 aliphatic rings. The highest BCUT2D eigenvalue weighted by Gasteiger charge is 2.24. The van der Waals surface area contributed by atoms with Gasteiger partial charge in [-0.1, -0.05) is 19.0 Å². The molecule has 0 aromatic heterocycles. The molecule has 4 N–H and O–H groups in total. The van der Waals surface area contributed by atoms with E-state index >= 15 is 0 Å². The van der Waals surface area contributed by atoms with Crippen LogP contribution in [0.3, 0.4) is 0 Å². The molecule has 6 nitrogen and oxygen atoms in total. The number of amides is 1. The van der Waals surface area contributed by atoms with E-state index in [2.05, 4.69) is 15.2 Å². The minimum atomic E-state index is -0.596. The van der Waals surface area contributed by atoms with Crippen molar-refractivity contribution >= 4 is 11.9 Å². The molecule has 0 spiro atoms. The van der Waals surface area contributed by atoms with Crippen molar-refractivity contribution in [3.8, 4) is 0 Å². The summed E-state index contributed by atoms with van der Waals surface area (Å²) in [5.74, 6) is 0.0642. The Balaban J connectivity index is 4.05. The average molecular weight is 203 g/mol. The Morgan fingerprint density at radius 2 is 2.21 bits per heavy atom. The van der Waals surface area contributed by atoms with Crippen LogP contribution in [-0.4, -0.2) is 30.3 Å². The molecule has 0 unspecified atom stereocenters. The summed E-state index contributed by atoms with van der Waals surface area (Å²) in [7, 11) is 0. The third-order valence-electron chi connectivity index (χ3n) is 1.75. The largest absolute Gasteiger partial charge is 0.450 e. The van der Waals surface area contributed by atoms with Crippen LogP contribution in [0.1, 0.15) is 20.8 Å². The number of amidine groups is 1. The minimum absolute atomic E-state index is 0.0642. The lowest BCUT2D eigenvalue weighted by atomic mass is 9.92. The van der Waals surface area contributed by atoms with E-state index in [1.54, 1.807) is 20.8 Å². The zero-order valence-electron chi connectivity index (χ0n) is 8.70. The molecule has 0 fully saturated rings. The predicted octanol–water partition coefficient (Wildman–Crippen LogP) is 0.505. The van der Waals surface area contributed by atoms with Gasteiger partial charge in [-0.15, -0.1) is 0 Å². The van der Waals surface area contributed by atoms with E-state index in [9.17, 15) is 4.79 Å². The van der Waals surface area contributed by atoms with Crippen LogP contribution in [0, 0.1) is 5.41 Å². The van der Waals surface area contributed by atoms with Gasteiger partial charge in [-0.05, 0) is 6.92 Å². The Bertz CT molecular complexity index is 226. The van der Waals surface area contributed by atoms with Crippen LogP contribution < -0.4 is 11.1 Å². The van der Waals surface area contributed by atoms with Crippen molar-refractivity contribution < 1.29 is 14.7 Å². The third-order valence-corrected chi connectivity index (χ3v) is 1.75. The molecule has 14 heavy (non-hydrogen) atoms. The summed E-state index contributed by atoms with van der Waals surface area (Å²) in [5.41, 5.74) is 4.82. The first-order valence-corrected chi connectivity index (χ1v) is 4.32. The summed E-state index contributed by atoms with van der Waals surface area (Å²) in [6, 6.07) is 0. The normalized spacial score (nSPS) is 12.4. The van der Waals surface area contributed by atoms with Crippen LogP contribution in [0.15, 0.2) is 5.16 Å². The molecular weight excluding hydrogens is 186 g/mol. The molecule has 0 atom stereocenters. The molecule has 0 aromatic carbocycles. The molecule has 0 rings (SSSR count). The summed E-state index contributed by atoms with van der Waals surface area (Å²) in [5, 5.41) is 13.9. The smallest absolute Gasteiger partial charge is 0.407 e. The van der Waals surface area contributed by atoms with Crippen molar-refractivity contribution in [2.45, 2.75) is 20.8 Å². The molecule has 0 aromatic rings. The summed E-state index contributed by atoms with van der Waals surface area (Å²) < 4.78 is 4.66. The van der Waals surface area contributed by atoms with E-state index in [1.165, 1.54) is 0 Å². The van der Waals surface area contributed by atoms with Crippen LogP contribution in [0.25, 0.3) is 0 Å². The Morgan fingerprint density at radius 1 is 1.64 bits per heavy atom. The molecule has 0 bridgehead atoms. The first kappa shape index (κ1) is 12.5. The van der Waals surface area contributed by atoms with Gasteiger partial charge in [-0.2, -0.15) is 0 Å². The van der Waals surface area contributed by atoms with Gasteiger partial charge < -0.3 is 21.0 Å². The molecule has 82 valence electrons. The number of nitrogens with one attached hydrogen (secondary N) is 1. The molecule has 0 radical (unpaired) electrons. The van der Waals surface area contributed by atoms with Crippen molar-refractivity contribution in [1.82, 2.24) is 5.32 Å². The van der Waals surface area contributed by atoms with E-state index in [0.29, 0.717) is 6.61 Å². The topological polar surface area (TPSA) is 96.9 Å². The number of hydrogen-bond acceptors (Lipinski definition) is 4. The number of oxime groups is 1. The van der Waals surface area contributed by atoms with Gasteiger partial charge in [0.05, 0.1) is 6.61 Å². The van der Waals surface area contributed by atoms with Gasteiger partial charge >= 0.3 is 6.09 Å². The molecule has 0 aliphatic heterocycles. The highest BCUT2D eigenvalue weighted by molar-refractivity contribution is 5.86. The van der Waals surface area contributed by atoms with Crippen LogP contribution in [0.5, 0.6) is 0 Å². The number of hydrogen-bond donors (Lipinski definition) is 3. The molecule has 0 heterocycles. The molecular formula is C8H17N3O3. The van der Waals surface area contributed by atoms with Crippen molar-refractivity contribution in [2.75, 3.05) is 13.2 Å². The van der Waals surface area contributed by atoms with E-state index < -0.39 is 11.5 Å². The van der Waals surface area contributed by atoms with Crippen LogP contribution in [-0.2, 0) is 4.74 Å². The number of carbonyl (C=O) groups excluding carboxylic acids is 1. The van der Waals surface area contributed by atoms with E-state index in [4.69, 9.17) is 10.9 Å². The number of nitrogens with zero attached hydrogens (tertiary/aromatic N) is 1. The highest BCUT2D eigenvalue weighted by atomic mass is 16.5. The maximum absolute atomic E-state index is 10.9. The average Bonchev–Trinajstić information content (AvgIpc) is 2.14. The fourth-order valence-corrected chi connectivity index (χ4v) is 0.701. The number of ether oxygens (including phenoxy) is 1. The summed E-state index contributed by atoms with van der Waals surface area (Å²) in [4.78, 5) is 10.9. The fraction of sp³-hybridized carbons (Fsp3) is 0.750. The second kappa shape index (κ2) is 5.31. The Labute approximate surface area is 83.1 Å². The lowest BCUT2D eigenvalue weighted by Crippen LogP contribution is -2.42. The predicted molar refractivity (Wildman–Crippen MR) is 52.2 cm³/mol. The van der Waals surface area contributed by atoms with Crippen LogP contribution >= 0.6 is 0 Å². The molecule has 0 aliphatic carbocycles. The number of alkyl carbamates (subject to hydrolysis) is 1. The first-order valence-electron chi connectivity index (χ1n) is 4.32. The Hall–Kier alpha value is -1.46. The highest BCUT2D eigenvalue weighted by Crippen LogP contribution is 2.13. The van der Waals surface area contributed by atoms with Gasteiger partial charge in [0.2, 0.25) is 0 Å². The van der Waals surface area contributed by atoms with Crippen LogP contribution in [0.2, 0.25) is 0 Å². The molecule has 6 heteroatoms. The maximum atomic E-state index is 10.9. The monoisotopic (exact) mass is 203 g/mol. The number of carbonyl (C=O) groups is 1. The summed E-state index contributed by atoms with van der Waals surface area (Å²) >= 11 is 0. The van der Waals surface area contributed by atoms with Crippen molar-refractivity contribution in [2.24, 2.45) is 16.3 Å². The molecule has 0 saturated carbocycles. The minimum Gasteiger partial charge on any atom is -0.450 e. The quantitative estimate of drug-likeness (QED) is 0.268. The van der Waals surface area contributed by atoms with Gasteiger partial charge in [-0.3, -0.25) is 0 Å². The van der Waals surface area contributed by atoms with Crippen LogP contribution in [0.4, 0.5) is 4.79 Å². The van der Waals surface area contributed by atoms with Crippen molar-refractivity contribution in [1.29, 1.82) is 0 Å². The molecule has 0 saturated heterocycles. The van der Waals surface area contributed by atoms with E-state index in [1.807, 2.05) is 0 Å². The summed E-state index contributed by atoms with van der Waals surface area (Å²) in [6.07, 6.45) is -0.508. The lowest BCUT2D eigenvalue weighted by molar-refractivity contribution is 0.149. The maximum Gasteiger partial charge on any atom is 0.407 e.